The maximum absolute atomic E-state index is 3.86. The van der Waals surface area contributed by atoms with Crippen LogP contribution >= 0.6 is 11.8 Å². The van der Waals surface area contributed by atoms with Crippen molar-refractivity contribution in [1.82, 2.24) is 5.32 Å². The summed E-state index contributed by atoms with van der Waals surface area (Å²) < 4.78 is 0. The minimum absolute atomic E-state index is 0.740. The van der Waals surface area contributed by atoms with Crippen molar-refractivity contribution >= 4 is 11.8 Å². The molecule has 1 saturated carbocycles. The van der Waals surface area contributed by atoms with Gasteiger partial charge in [0.1, 0.15) is 0 Å². The molecule has 2 heteroatoms. The summed E-state index contributed by atoms with van der Waals surface area (Å²) in [5.41, 5.74) is 0. The molecule has 0 amide bonds. The summed E-state index contributed by atoms with van der Waals surface area (Å²) in [5, 5.41) is 4.74. The standard InChI is InChI=1S/C12H23NS/c1-3-11-12(10-5-4-6-10)13-9(2)7-8-14-11/h9-13H,3-8H2,1-2H3. The molecule has 1 aliphatic carbocycles. The van der Waals surface area contributed by atoms with E-state index in [1.807, 2.05) is 0 Å². The molecule has 1 nitrogen and oxygen atoms in total. The Morgan fingerprint density at radius 3 is 2.64 bits per heavy atom. The first-order valence-corrected chi connectivity index (χ1v) is 7.23. The van der Waals surface area contributed by atoms with Crippen LogP contribution in [0.1, 0.15) is 46.0 Å². The molecule has 14 heavy (non-hydrogen) atoms. The van der Waals surface area contributed by atoms with E-state index in [0.29, 0.717) is 0 Å². The van der Waals surface area contributed by atoms with E-state index in [-0.39, 0.29) is 0 Å². The molecular weight excluding hydrogens is 190 g/mol. The monoisotopic (exact) mass is 213 g/mol. The van der Waals surface area contributed by atoms with Gasteiger partial charge < -0.3 is 5.32 Å². The minimum Gasteiger partial charge on any atom is -0.310 e. The Morgan fingerprint density at radius 2 is 2.07 bits per heavy atom. The van der Waals surface area contributed by atoms with Gasteiger partial charge in [-0.05, 0) is 44.3 Å². The predicted octanol–water partition coefficient (Wildman–Crippen LogP) is 3.05. The normalized spacial score (nSPS) is 40.3. The fourth-order valence-electron chi connectivity index (χ4n) is 2.63. The molecule has 0 aromatic heterocycles. The fourth-order valence-corrected chi connectivity index (χ4v) is 4.17. The van der Waals surface area contributed by atoms with Gasteiger partial charge in [0.15, 0.2) is 0 Å². The molecule has 0 aromatic carbocycles. The topological polar surface area (TPSA) is 12.0 Å². The number of thioether (sulfide) groups is 1. The van der Waals surface area contributed by atoms with Gasteiger partial charge in [-0.1, -0.05) is 13.3 Å². The van der Waals surface area contributed by atoms with Crippen LogP contribution in [0.5, 0.6) is 0 Å². The highest BCUT2D eigenvalue weighted by atomic mass is 32.2. The van der Waals surface area contributed by atoms with E-state index in [2.05, 4.69) is 30.9 Å². The molecule has 3 atom stereocenters. The summed E-state index contributed by atoms with van der Waals surface area (Å²) >= 11 is 2.21. The SMILES string of the molecule is CCC1SCCC(C)NC1C1CCC1. The lowest BCUT2D eigenvalue weighted by Crippen LogP contribution is -2.48. The zero-order valence-electron chi connectivity index (χ0n) is 9.46. The van der Waals surface area contributed by atoms with Gasteiger partial charge in [-0.3, -0.25) is 0 Å². The molecule has 1 N–H and O–H groups in total. The third-order valence-corrected chi connectivity index (χ3v) is 5.35. The van der Waals surface area contributed by atoms with Crippen LogP contribution < -0.4 is 5.32 Å². The molecule has 0 spiro atoms. The van der Waals surface area contributed by atoms with Crippen molar-refractivity contribution in [2.75, 3.05) is 5.75 Å². The summed E-state index contributed by atoms with van der Waals surface area (Å²) in [4.78, 5) is 0. The Hall–Kier alpha value is 0.310. The Morgan fingerprint density at radius 1 is 1.29 bits per heavy atom. The summed E-state index contributed by atoms with van der Waals surface area (Å²) in [6.45, 7) is 4.70. The molecule has 82 valence electrons. The van der Waals surface area contributed by atoms with Gasteiger partial charge in [0.2, 0.25) is 0 Å². The van der Waals surface area contributed by atoms with Crippen LogP contribution in [0.4, 0.5) is 0 Å². The van der Waals surface area contributed by atoms with Crippen LogP contribution in [0.2, 0.25) is 0 Å². The Labute approximate surface area is 92.4 Å². The Kier molecular flexibility index (Phi) is 3.78. The number of hydrogen-bond donors (Lipinski definition) is 1. The smallest absolute Gasteiger partial charge is 0.0217 e. The van der Waals surface area contributed by atoms with Gasteiger partial charge in [0.25, 0.3) is 0 Å². The second-order valence-electron chi connectivity index (χ2n) is 4.89. The fraction of sp³-hybridized carbons (Fsp3) is 1.00. The molecule has 2 aliphatic rings. The molecule has 1 aliphatic heterocycles. The van der Waals surface area contributed by atoms with E-state index < -0.39 is 0 Å². The Balaban J connectivity index is 1.98. The van der Waals surface area contributed by atoms with E-state index in [1.165, 1.54) is 37.9 Å². The van der Waals surface area contributed by atoms with Crippen LogP contribution in [0.3, 0.4) is 0 Å². The van der Waals surface area contributed by atoms with Crippen LogP contribution in [-0.4, -0.2) is 23.1 Å². The highest BCUT2D eigenvalue weighted by molar-refractivity contribution is 7.99. The first-order chi connectivity index (χ1) is 6.81. The molecule has 2 fully saturated rings. The molecule has 1 heterocycles. The van der Waals surface area contributed by atoms with Gasteiger partial charge >= 0.3 is 0 Å². The van der Waals surface area contributed by atoms with Crippen LogP contribution in [-0.2, 0) is 0 Å². The maximum atomic E-state index is 3.86. The largest absolute Gasteiger partial charge is 0.310 e. The molecule has 0 bridgehead atoms. The van der Waals surface area contributed by atoms with Gasteiger partial charge in [-0.15, -0.1) is 0 Å². The quantitative estimate of drug-likeness (QED) is 0.756. The predicted molar refractivity (Wildman–Crippen MR) is 64.9 cm³/mol. The average molecular weight is 213 g/mol. The highest BCUT2D eigenvalue weighted by Crippen LogP contribution is 2.37. The summed E-state index contributed by atoms with van der Waals surface area (Å²) in [7, 11) is 0. The van der Waals surface area contributed by atoms with Crippen molar-refractivity contribution in [3.63, 3.8) is 0 Å². The first-order valence-electron chi connectivity index (χ1n) is 6.19. The molecular formula is C12H23NS. The van der Waals surface area contributed by atoms with Crippen molar-refractivity contribution in [3.05, 3.63) is 0 Å². The molecule has 3 unspecified atom stereocenters. The lowest BCUT2D eigenvalue weighted by Gasteiger charge is -2.38. The molecule has 1 saturated heterocycles. The number of rotatable bonds is 2. The van der Waals surface area contributed by atoms with E-state index in [4.69, 9.17) is 0 Å². The molecule has 0 aromatic rings. The van der Waals surface area contributed by atoms with Crippen LogP contribution in [0.15, 0.2) is 0 Å². The van der Waals surface area contributed by atoms with E-state index >= 15 is 0 Å². The first kappa shape index (κ1) is 10.8. The van der Waals surface area contributed by atoms with Crippen LogP contribution in [0, 0.1) is 5.92 Å². The van der Waals surface area contributed by atoms with E-state index in [0.717, 1.165) is 23.3 Å². The third kappa shape index (κ3) is 2.27. The lowest BCUT2D eigenvalue weighted by atomic mass is 9.77. The van der Waals surface area contributed by atoms with Gasteiger partial charge in [-0.25, -0.2) is 0 Å². The number of hydrogen-bond acceptors (Lipinski definition) is 2. The van der Waals surface area contributed by atoms with Gasteiger partial charge in [0.05, 0.1) is 0 Å². The van der Waals surface area contributed by atoms with E-state index in [9.17, 15) is 0 Å². The highest BCUT2D eigenvalue weighted by Gasteiger charge is 2.34. The van der Waals surface area contributed by atoms with Crippen molar-refractivity contribution in [3.8, 4) is 0 Å². The summed E-state index contributed by atoms with van der Waals surface area (Å²) in [5.74, 6) is 2.35. The third-order valence-electron chi connectivity index (χ3n) is 3.82. The second-order valence-corrected chi connectivity index (χ2v) is 6.24. The van der Waals surface area contributed by atoms with Crippen molar-refractivity contribution in [1.29, 1.82) is 0 Å². The van der Waals surface area contributed by atoms with E-state index in [1.54, 1.807) is 0 Å². The van der Waals surface area contributed by atoms with Crippen molar-refractivity contribution < 1.29 is 0 Å². The summed E-state index contributed by atoms with van der Waals surface area (Å²) in [6, 6.07) is 1.56. The summed E-state index contributed by atoms with van der Waals surface area (Å²) in [6.07, 6.45) is 7.11. The van der Waals surface area contributed by atoms with Crippen molar-refractivity contribution in [2.45, 2.75) is 63.3 Å². The average Bonchev–Trinajstić information content (AvgIpc) is 2.24. The zero-order valence-corrected chi connectivity index (χ0v) is 10.3. The maximum Gasteiger partial charge on any atom is 0.0217 e. The van der Waals surface area contributed by atoms with Gasteiger partial charge in [0, 0.05) is 17.3 Å². The van der Waals surface area contributed by atoms with Crippen LogP contribution in [0.25, 0.3) is 0 Å². The minimum atomic E-state index is 0.740. The zero-order chi connectivity index (χ0) is 9.97. The second kappa shape index (κ2) is 4.89. The lowest BCUT2D eigenvalue weighted by molar-refractivity contribution is 0.213. The number of nitrogens with one attached hydrogen (secondary N) is 1. The molecule has 2 rings (SSSR count). The van der Waals surface area contributed by atoms with Crippen molar-refractivity contribution in [2.24, 2.45) is 5.92 Å². The Bertz CT molecular complexity index is 179. The van der Waals surface area contributed by atoms with Gasteiger partial charge in [-0.2, -0.15) is 11.8 Å². The molecule has 0 radical (unpaired) electrons.